The van der Waals surface area contributed by atoms with Crippen molar-refractivity contribution in [3.63, 3.8) is 0 Å². The van der Waals surface area contributed by atoms with Gasteiger partial charge in [0.05, 0.1) is 0 Å². The van der Waals surface area contributed by atoms with Gasteiger partial charge in [-0.15, -0.1) is 0 Å². The van der Waals surface area contributed by atoms with Crippen LogP contribution in [0, 0.1) is 5.41 Å². The average Bonchev–Trinajstić information content (AvgIpc) is 2.26. The smallest absolute Gasteiger partial charge is 0.407 e. The lowest BCUT2D eigenvalue weighted by molar-refractivity contribution is 0.0435. The van der Waals surface area contributed by atoms with Crippen LogP contribution in [0.15, 0.2) is 24.5 Å². The Hall–Kier alpha value is -1.58. The molecule has 17 heavy (non-hydrogen) atoms. The molecule has 1 N–H and O–H groups in total. The quantitative estimate of drug-likeness (QED) is 0.878. The Bertz CT molecular complexity index is 357. The minimum absolute atomic E-state index is 0.0476. The van der Waals surface area contributed by atoms with E-state index in [0.29, 0.717) is 6.54 Å². The summed E-state index contributed by atoms with van der Waals surface area (Å²) in [4.78, 5) is 15.4. The predicted octanol–water partition coefficient (Wildman–Crippen LogP) is 2.74. The SMILES string of the molecule is C[C@@H](OC(=O)NCc1ccncc1)C(C)(C)C. The van der Waals surface area contributed by atoms with Crippen molar-refractivity contribution >= 4 is 6.09 Å². The maximum Gasteiger partial charge on any atom is 0.407 e. The van der Waals surface area contributed by atoms with Gasteiger partial charge in [-0.2, -0.15) is 0 Å². The topological polar surface area (TPSA) is 51.2 Å². The Morgan fingerprint density at radius 3 is 2.53 bits per heavy atom. The van der Waals surface area contributed by atoms with Crippen LogP contribution >= 0.6 is 0 Å². The van der Waals surface area contributed by atoms with Gasteiger partial charge in [0.15, 0.2) is 0 Å². The first-order valence-corrected chi connectivity index (χ1v) is 5.73. The fourth-order valence-corrected chi connectivity index (χ4v) is 1.05. The van der Waals surface area contributed by atoms with Crippen LogP contribution in [0.2, 0.25) is 0 Å². The number of hydrogen-bond acceptors (Lipinski definition) is 3. The first-order valence-electron chi connectivity index (χ1n) is 5.73. The maximum absolute atomic E-state index is 11.5. The summed E-state index contributed by atoms with van der Waals surface area (Å²) in [6, 6.07) is 3.71. The van der Waals surface area contributed by atoms with E-state index in [-0.39, 0.29) is 17.6 Å². The number of carbonyl (C=O) groups excluding carboxylic acids is 1. The Balaban J connectivity index is 2.36. The molecule has 1 rings (SSSR count). The highest BCUT2D eigenvalue weighted by atomic mass is 16.6. The maximum atomic E-state index is 11.5. The number of nitrogens with one attached hydrogen (secondary N) is 1. The molecule has 0 spiro atoms. The molecule has 0 aliphatic carbocycles. The van der Waals surface area contributed by atoms with E-state index in [0.717, 1.165) is 5.56 Å². The molecular formula is C13H20N2O2. The summed E-state index contributed by atoms with van der Waals surface area (Å²) in [6.45, 7) is 8.46. The van der Waals surface area contributed by atoms with E-state index in [1.807, 2.05) is 39.8 Å². The van der Waals surface area contributed by atoms with Crippen molar-refractivity contribution in [3.8, 4) is 0 Å². The fourth-order valence-electron chi connectivity index (χ4n) is 1.05. The van der Waals surface area contributed by atoms with Crippen LogP contribution in [0.4, 0.5) is 4.79 Å². The van der Waals surface area contributed by atoms with Gasteiger partial charge in [0, 0.05) is 18.9 Å². The van der Waals surface area contributed by atoms with E-state index in [1.165, 1.54) is 0 Å². The molecule has 0 saturated carbocycles. The van der Waals surface area contributed by atoms with Crippen LogP contribution in [0.5, 0.6) is 0 Å². The van der Waals surface area contributed by atoms with Crippen molar-refractivity contribution in [2.75, 3.05) is 0 Å². The molecule has 0 saturated heterocycles. The molecule has 0 aliphatic rings. The second kappa shape index (κ2) is 5.66. The Kier molecular flexibility index (Phi) is 4.49. The summed E-state index contributed by atoms with van der Waals surface area (Å²) in [5, 5.41) is 2.71. The molecule has 0 bridgehead atoms. The number of alkyl carbamates (subject to hydrolysis) is 1. The highest BCUT2D eigenvalue weighted by Gasteiger charge is 2.23. The number of rotatable bonds is 3. The second-order valence-corrected chi connectivity index (χ2v) is 5.12. The van der Waals surface area contributed by atoms with E-state index < -0.39 is 0 Å². The first-order chi connectivity index (χ1) is 7.89. The largest absolute Gasteiger partial charge is 0.446 e. The van der Waals surface area contributed by atoms with Gasteiger partial charge in [-0.25, -0.2) is 4.79 Å². The first kappa shape index (κ1) is 13.5. The normalized spacial score (nSPS) is 12.9. The van der Waals surface area contributed by atoms with Crippen LogP contribution in [0.3, 0.4) is 0 Å². The lowest BCUT2D eigenvalue weighted by atomic mass is 9.90. The third-order valence-electron chi connectivity index (χ3n) is 2.69. The molecule has 4 heteroatoms. The molecule has 4 nitrogen and oxygen atoms in total. The molecular weight excluding hydrogens is 216 g/mol. The molecule has 0 fully saturated rings. The Morgan fingerprint density at radius 1 is 1.41 bits per heavy atom. The van der Waals surface area contributed by atoms with Gasteiger partial charge in [-0.3, -0.25) is 4.98 Å². The number of amides is 1. The van der Waals surface area contributed by atoms with E-state index in [4.69, 9.17) is 4.74 Å². The minimum Gasteiger partial charge on any atom is -0.446 e. The summed E-state index contributed by atoms with van der Waals surface area (Å²) < 4.78 is 5.27. The number of aromatic nitrogens is 1. The zero-order chi connectivity index (χ0) is 12.9. The third-order valence-corrected chi connectivity index (χ3v) is 2.69. The zero-order valence-corrected chi connectivity index (χ0v) is 10.9. The molecule has 0 unspecified atom stereocenters. The van der Waals surface area contributed by atoms with E-state index >= 15 is 0 Å². The van der Waals surface area contributed by atoms with Crippen molar-refractivity contribution in [2.24, 2.45) is 5.41 Å². The Morgan fingerprint density at radius 2 is 2.00 bits per heavy atom. The molecule has 1 aromatic rings. The third kappa shape index (κ3) is 4.85. The van der Waals surface area contributed by atoms with E-state index in [2.05, 4.69) is 10.3 Å². The van der Waals surface area contributed by atoms with Crippen molar-refractivity contribution in [3.05, 3.63) is 30.1 Å². The summed E-state index contributed by atoms with van der Waals surface area (Å²) >= 11 is 0. The average molecular weight is 236 g/mol. The summed E-state index contributed by atoms with van der Waals surface area (Å²) in [7, 11) is 0. The molecule has 1 atom stereocenters. The molecule has 1 aromatic heterocycles. The second-order valence-electron chi connectivity index (χ2n) is 5.12. The summed E-state index contributed by atoms with van der Waals surface area (Å²) in [5.74, 6) is 0. The van der Waals surface area contributed by atoms with Gasteiger partial charge in [0.1, 0.15) is 6.10 Å². The highest BCUT2D eigenvalue weighted by Crippen LogP contribution is 2.21. The van der Waals surface area contributed by atoms with Crippen molar-refractivity contribution in [1.82, 2.24) is 10.3 Å². The summed E-state index contributed by atoms with van der Waals surface area (Å²) in [6.07, 6.45) is 2.88. The number of hydrogen-bond donors (Lipinski definition) is 1. The van der Waals surface area contributed by atoms with Crippen molar-refractivity contribution < 1.29 is 9.53 Å². The summed E-state index contributed by atoms with van der Waals surface area (Å²) in [5.41, 5.74) is 0.953. The monoisotopic (exact) mass is 236 g/mol. The van der Waals surface area contributed by atoms with Crippen LogP contribution in [0.1, 0.15) is 33.3 Å². The molecule has 94 valence electrons. The fraction of sp³-hybridized carbons (Fsp3) is 0.538. The molecule has 1 heterocycles. The van der Waals surface area contributed by atoms with Gasteiger partial charge in [0.25, 0.3) is 0 Å². The number of carbonyl (C=O) groups is 1. The number of ether oxygens (including phenoxy) is 1. The standard InChI is InChI=1S/C13H20N2O2/c1-10(13(2,3)4)17-12(16)15-9-11-5-7-14-8-6-11/h5-8,10H,9H2,1-4H3,(H,15,16)/t10-/m1/s1. The molecule has 0 aliphatic heterocycles. The van der Waals surface area contributed by atoms with Gasteiger partial charge in [0.2, 0.25) is 0 Å². The van der Waals surface area contributed by atoms with Crippen molar-refractivity contribution in [2.45, 2.75) is 40.3 Å². The lowest BCUT2D eigenvalue weighted by Crippen LogP contribution is -2.33. The minimum atomic E-state index is -0.385. The molecule has 1 amide bonds. The molecule has 0 radical (unpaired) electrons. The van der Waals surface area contributed by atoms with E-state index in [1.54, 1.807) is 12.4 Å². The molecule has 0 aromatic carbocycles. The van der Waals surface area contributed by atoms with Gasteiger partial charge < -0.3 is 10.1 Å². The van der Waals surface area contributed by atoms with Gasteiger partial charge >= 0.3 is 6.09 Å². The van der Waals surface area contributed by atoms with Crippen LogP contribution < -0.4 is 5.32 Å². The lowest BCUT2D eigenvalue weighted by Gasteiger charge is -2.26. The van der Waals surface area contributed by atoms with Crippen molar-refractivity contribution in [1.29, 1.82) is 0 Å². The number of pyridine rings is 1. The van der Waals surface area contributed by atoms with Gasteiger partial charge in [-0.1, -0.05) is 20.8 Å². The predicted molar refractivity (Wildman–Crippen MR) is 66.5 cm³/mol. The van der Waals surface area contributed by atoms with E-state index in [9.17, 15) is 4.79 Å². The van der Waals surface area contributed by atoms with Crippen LogP contribution in [0.25, 0.3) is 0 Å². The number of nitrogens with zero attached hydrogens (tertiary/aromatic N) is 1. The van der Waals surface area contributed by atoms with Crippen LogP contribution in [-0.4, -0.2) is 17.2 Å². The Labute approximate surface area is 102 Å². The van der Waals surface area contributed by atoms with Crippen LogP contribution in [-0.2, 0) is 11.3 Å². The zero-order valence-electron chi connectivity index (χ0n) is 10.9. The highest BCUT2D eigenvalue weighted by molar-refractivity contribution is 5.67. The van der Waals surface area contributed by atoms with Gasteiger partial charge in [-0.05, 0) is 30.0 Å².